The summed E-state index contributed by atoms with van der Waals surface area (Å²) in [4.78, 5) is 11.8. The van der Waals surface area contributed by atoms with Crippen LogP contribution in [0.15, 0.2) is 11.6 Å². The largest absolute Gasteiger partial charge is 0.459 e. The van der Waals surface area contributed by atoms with Gasteiger partial charge in [0.15, 0.2) is 0 Å². The normalized spacial score (nSPS) is 44.7. The predicted octanol–water partition coefficient (Wildman–Crippen LogP) is 1.90. The molecule has 1 aliphatic heterocycles. The number of allylic oxidation sites excluding steroid dienone is 1. The van der Waals surface area contributed by atoms with E-state index in [4.69, 9.17) is 4.74 Å². The van der Waals surface area contributed by atoms with E-state index in [0.29, 0.717) is 11.8 Å². The van der Waals surface area contributed by atoms with Crippen molar-refractivity contribution in [2.75, 3.05) is 6.61 Å². The van der Waals surface area contributed by atoms with Gasteiger partial charge in [0.25, 0.3) is 0 Å². The van der Waals surface area contributed by atoms with Crippen LogP contribution in [0.2, 0.25) is 0 Å². The third kappa shape index (κ3) is 1.63. The first-order valence-corrected chi connectivity index (χ1v) is 6.76. The van der Waals surface area contributed by atoms with Crippen molar-refractivity contribution in [2.24, 2.45) is 23.7 Å². The Morgan fingerprint density at radius 3 is 2.94 bits per heavy atom. The lowest BCUT2D eigenvalue weighted by Gasteiger charge is -2.42. The number of esters is 1. The number of aliphatic hydroxyl groups excluding tert-OH is 1. The molecule has 5 atom stereocenters. The van der Waals surface area contributed by atoms with E-state index >= 15 is 0 Å². The number of ether oxygens (including phenoxy) is 1. The molecule has 3 aliphatic rings. The maximum atomic E-state index is 11.8. The van der Waals surface area contributed by atoms with Gasteiger partial charge in [-0.15, -0.1) is 0 Å². The standard InChI is InChI=1S/C14H20O3/c1-8-13-11(14(16)17-8)6-9-4-2-3-5-10(9)12(13)7-15/h6,8-10,12-13,15H,2-5,7H2,1H3/t8-,9+,10-,12+,13-/m0/s1. The molecule has 3 heteroatoms. The van der Waals surface area contributed by atoms with E-state index in [1.54, 1.807) is 0 Å². The number of carbonyl (C=O) groups is 1. The molecule has 0 aromatic carbocycles. The average molecular weight is 236 g/mol. The third-order valence-corrected chi connectivity index (χ3v) is 4.88. The Balaban J connectivity index is 1.98. The van der Waals surface area contributed by atoms with Crippen molar-refractivity contribution >= 4 is 5.97 Å². The van der Waals surface area contributed by atoms with Gasteiger partial charge in [-0.3, -0.25) is 0 Å². The van der Waals surface area contributed by atoms with Crippen LogP contribution in [-0.4, -0.2) is 23.8 Å². The highest BCUT2D eigenvalue weighted by molar-refractivity contribution is 5.91. The zero-order valence-electron chi connectivity index (χ0n) is 10.3. The van der Waals surface area contributed by atoms with Crippen molar-refractivity contribution in [3.63, 3.8) is 0 Å². The van der Waals surface area contributed by atoms with Crippen molar-refractivity contribution < 1.29 is 14.6 Å². The summed E-state index contributed by atoms with van der Waals surface area (Å²) in [5, 5.41) is 9.69. The molecule has 0 aromatic heterocycles. The van der Waals surface area contributed by atoms with Gasteiger partial charge < -0.3 is 9.84 Å². The van der Waals surface area contributed by atoms with E-state index < -0.39 is 0 Å². The predicted molar refractivity (Wildman–Crippen MR) is 63.2 cm³/mol. The van der Waals surface area contributed by atoms with Crippen molar-refractivity contribution in [1.29, 1.82) is 0 Å². The van der Waals surface area contributed by atoms with Crippen LogP contribution in [0.3, 0.4) is 0 Å². The fourth-order valence-corrected chi connectivity index (χ4v) is 4.13. The molecule has 0 spiro atoms. The van der Waals surface area contributed by atoms with Crippen LogP contribution >= 0.6 is 0 Å². The average Bonchev–Trinajstić information content (AvgIpc) is 2.62. The molecule has 0 bridgehead atoms. The summed E-state index contributed by atoms with van der Waals surface area (Å²) in [5.41, 5.74) is 0.847. The molecule has 2 aliphatic carbocycles. The summed E-state index contributed by atoms with van der Waals surface area (Å²) < 4.78 is 5.33. The Bertz CT molecular complexity index is 360. The van der Waals surface area contributed by atoms with Gasteiger partial charge in [0.1, 0.15) is 6.10 Å². The summed E-state index contributed by atoms with van der Waals surface area (Å²) in [6, 6.07) is 0. The molecule has 2 fully saturated rings. The van der Waals surface area contributed by atoms with E-state index in [0.717, 1.165) is 5.57 Å². The molecule has 3 rings (SSSR count). The minimum atomic E-state index is -0.148. The van der Waals surface area contributed by atoms with Gasteiger partial charge in [0, 0.05) is 18.1 Å². The van der Waals surface area contributed by atoms with Gasteiger partial charge in [0.05, 0.1) is 0 Å². The maximum Gasteiger partial charge on any atom is 0.334 e. The Morgan fingerprint density at radius 2 is 2.18 bits per heavy atom. The number of hydrogen-bond acceptors (Lipinski definition) is 3. The van der Waals surface area contributed by atoms with E-state index in [1.807, 2.05) is 6.92 Å². The number of cyclic esters (lactones) is 1. The fourth-order valence-electron chi connectivity index (χ4n) is 4.13. The molecule has 0 radical (unpaired) electrons. The molecule has 1 N–H and O–H groups in total. The van der Waals surface area contributed by atoms with Crippen LogP contribution in [0.4, 0.5) is 0 Å². The van der Waals surface area contributed by atoms with Crippen LogP contribution in [0, 0.1) is 23.7 Å². The van der Waals surface area contributed by atoms with Gasteiger partial charge in [-0.25, -0.2) is 4.79 Å². The summed E-state index contributed by atoms with van der Waals surface area (Å²) in [5.74, 6) is 1.25. The molecule has 0 amide bonds. The lowest BCUT2D eigenvalue weighted by Crippen LogP contribution is -2.40. The molecule has 17 heavy (non-hydrogen) atoms. The van der Waals surface area contributed by atoms with Gasteiger partial charge in [0.2, 0.25) is 0 Å². The van der Waals surface area contributed by atoms with E-state index in [2.05, 4.69) is 6.08 Å². The highest BCUT2D eigenvalue weighted by atomic mass is 16.5. The summed E-state index contributed by atoms with van der Waals surface area (Å²) >= 11 is 0. The van der Waals surface area contributed by atoms with E-state index in [9.17, 15) is 9.90 Å². The maximum absolute atomic E-state index is 11.8. The fraction of sp³-hybridized carbons (Fsp3) is 0.786. The molecule has 1 saturated carbocycles. The molecular formula is C14H20O3. The molecular weight excluding hydrogens is 216 g/mol. The number of carbonyl (C=O) groups excluding carboxylic acids is 1. The van der Waals surface area contributed by atoms with Gasteiger partial charge in [-0.05, 0) is 37.5 Å². The van der Waals surface area contributed by atoms with Crippen LogP contribution in [-0.2, 0) is 9.53 Å². The lowest BCUT2D eigenvalue weighted by molar-refractivity contribution is -0.138. The molecule has 3 nitrogen and oxygen atoms in total. The molecule has 1 saturated heterocycles. The zero-order chi connectivity index (χ0) is 12.0. The second-order valence-electron chi connectivity index (χ2n) is 5.72. The number of aliphatic hydroxyl groups is 1. The summed E-state index contributed by atoms with van der Waals surface area (Å²) in [6.07, 6.45) is 6.96. The minimum absolute atomic E-state index is 0.0613. The summed E-state index contributed by atoms with van der Waals surface area (Å²) in [6.45, 7) is 2.14. The number of hydrogen-bond donors (Lipinski definition) is 1. The first kappa shape index (κ1) is 11.3. The zero-order valence-corrected chi connectivity index (χ0v) is 10.3. The number of fused-ring (bicyclic) bond motifs is 2. The molecule has 1 heterocycles. The van der Waals surface area contributed by atoms with E-state index in [1.165, 1.54) is 25.7 Å². The second-order valence-corrected chi connectivity index (χ2v) is 5.72. The highest BCUT2D eigenvalue weighted by Gasteiger charge is 2.49. The Hall–Kier alpha value is -0.830. The minimum Gasteiger partial charge on any atom is -0.459 e. The summed E-state index contributed by atoms with van der Waals surface area (Å²) in [7, 11) is 0. The Kier molecular flexibility index (Phi) is 2.74. The topological polar surface area (TPSA) is 46.5 Å². The van der Waals surface area contributed by atoms with Crippen molar-refractivity contribution in [3.8, 4) is 0 Å². The Labute approximate surface area is 102 Å². The van der Waals surface area contributed by atoms with Crippen molar-refractivity contribution in [1.82, 2.24) is 0 Å². The van der Waals surface area contributed by atoms with Crippen LogP contribution < -0.4 is 0 Å². The smallest absolute Gasteiger partial charge is 0.334 e. The quantitative estimate of drug-likeness (QED) is 0.707. The highest BCUT2D eigenvalue weighted by Crippen LogP contribution is 2.49. The van der Waals surface area contributed by atoms with Crippen LogP contribution in [0.5, 0.6) is 0 Å². The first-order valence-electron chi connectivity index (χ1n) is 6.76. The van der Waals surface area contributed by atoms with Crippen LogP contribution in [0.1, 0.15) is 32.6 Å². The van der Waals surface area contributed by atoms with Gasteiger partial charge in [-0.1, -0.05) is 18.9 Å². The second kappa shape index (κ2) is 4.13. The van der Waals surface area contributed by atoms with Crippen LogP contribution in [0.25, 0.3) is 0 Å². The third-order valence-electron chi connectivity index (χ3n) is 4.88. The first-order chi connectivity index (χ1) is 8.22. The SMILES string of the molecule is C[C@@H]1OC(=O)C2=C[C@H]3CCCC[C@@H]3[C@@H](CO)[C@H]21. The molecule has 0 unspecified atom stereocenters. The van der Waals surface area contributed by atoms with E-state index in [-0.39, 0.29) is 30.5 Å². The number of rotatable bonds is 1. The lowest BCUT2D eigenvalue weighted by atomic mass is 9.62. The van der Waals surface area contributed by atoms with Crippen molar-refractivity contribution in [2.45, 2.75) is 38.7 Å². The molecule has 0 aromatic rings. The monoisotopic (exact) mass is 236 g/mol. The van der Waals surface area contributed by atoms with Gasteiger partial charge in [-0.2, -0.15) is 0 Å². The van der Waals surface area contributed by atoms with Gasteiger partial charge >= 0.3 is 5.97 Å². The Morgan fingerprint density at radius 1 is 1.41 bits per heavy atom. The molecule has 94 valence electrons. The van der Waals surface area contributed by atoms with Crippen molar-refractivity contribution in [3.05, 3.63) is 11.6 Å².